The maximum atomic E-state index is 6.00. The third-order valence-corrected chi connectivity index (χ3v) is 2.35. The molecule has 2 heterocycles. The van der Waals surface area contributed by atoms with Gasteiger partial charge in [0.15, 0.2) is 5.82 Å². The van der Waals surface area contributed by atoms with Crippen LogP contribution in [0.4, 0.5) is 0 Å². The second-order valence-electron chi connectivity index (χ2n) is 2.81. The number of hydrogen-bond donors (Lipinski definition) is 1. The molecular formula is C9H7ClN4S. The molecule has 0 fully saturated rings. The van der Waals surface area contributed by atoms with Crippen LogP contribution in [0.15, 0.2) is 30.9 Å². The Kier molecular flexibility index (Phi) is 2.66. The Morgan fingerprint density at radius 3 is 2.93 bits per heavy atom. The summed E-state index contributed by atoms with van der Waals surface area (Å²) in [6.45, 7) is 0. The second kappa shape index (κ2) is 3.96. The highest BCUT2D eigenvalue weighted by Gasteiger charge is 2.09. The second-order valence-corrected chi connectivity index (χ2v) is 3.66. The van der Waals surface area contributed by atoms with E-state index >= 15 is 0 Å². The largest absolute Gasteiger partial charge is 0.387 e. The highest BCUT2D eigenvalue weighted by molar-refractivity contribution is 7.80. The molecule has 2 rings (SSSR count). The molecule has 0 saturated heterocycles. The van der Waals surface area contributed by atoms with Crippen LogP contribution in [0.3, 0.4) is 0 Å². The topological polar surface area (TPSA) is 56.7 Å². The van der Waals surface area contributed by atoms with Gasteiger partial charge in [0.25, 0.3) is 0 Å². The third-order valence-electron chi connectivity index (χ3n) is 1.87. The Morgan fingerprint density at radius 1 is 1.47 bits per heavy atom. The van der Waals surface area contributed by atoms with Crippen LogP contribution in [0.5, 0.6) is 0 Å². The van der Waals surface area contributed by atoms with E-state index in [0.29, 0.717) is 10.8 Å². The minimum Gasteiger partial charge on any atom is -0.387 e. The van der Waals surface area contributed by atoms with E-state index in [2.05, 4.69) is 9.97 Å². The van der Waals surface area contributed by atoms with E-state index in [1.54, 1.807) is 35.4 Å². The summed E-state index contributed by atoms with van der Waals surface area (Å²) in [5.74, 6) is 0.512. The fourth-order valence-electron chi connectivity index (χ4n) is 1.24. The number of imidazole rings is 1. The fourth-order valence-corrected chi connectivity index (χ4v) is 1.60. The van der Waals surface area contributed by atoms with Crippen molar-refractivity contribution in [3.63, 3.8) is 0 Å². The molecule has 0 saturated carbocycles. The van der Waals surface area contributed by atoms with Crippen molar-refractivity contribution in [2.24, 2.45) is 5.73 Å². The molecule has 2 aromatic heterocycles. The molecule has 0 amide bonds. The fraction of sp³-hybridized carbons (Fsp3) is 0. The lowest BCUT2D eigenvalue weighted by Gasteiger charge is -2.07. The molecular weight excluding hydrogens is 232 g/mol. The molecule has 0 aliphatic carbocycles. The van der Waals surface area contributed by atoms with Crippen LogP contribution in [0.2, 0.25) is 5.02 Å². The van der Waals surface area contributed by atoms with Crippen LogP contribution in [0.1, 0.15) is 5.82 Å². The van der Waals surface area contributed by atoms with Gasteiger partial charge in [-0.15, -0.1) is 0 Å². The zero-order chi connectivity index (χ0) is 10.8. The van der Waals surface area contributed by atoms with E-state index in [4.69, 9.17) is 29.6 Å². The van der Waals surface area contributed by atoms with Gasteiger partial charge in [0, 0.05) is 24.8 Å². The van der Waals surface area contributed by atoms with Gasteiger partial charge in [-0.05, 0) is 6.07 Å². The number of nitrogens with two attached hydrogens (primary N) is 1. The summed E-state index contributed by atoms with van der Waals surface area (Å²) in [6.07, 6.45) is 6.56. The van der Waals surface area contributed by atoms with Gasteiger partial charge in [-0.2, -0.15) is 0 Å². The first-order valence-corrected chi connectivity index (χ1v) is 4.92. The van der Waals surface area contributed by atoms with Gasteiger partial charge in [0.1, 0.15) is 4.99 Å². The van der Waals surface area contributed by atoms with Crippen molar-refractivity contribution < 1.29 is 0 Å². The molecule has 0 aliphatic heterocycles. The first kappa shape index (κ1) is 10.1. The summed E-state index contributed by atoms with van der Waals surface area (Å²) in [5, 5.41) is 0.521. The maximum absolute atomic E-state index is 6.00. The molecule has 6 heteroatoms. The quantitative estimate of drug-likeness (QED) is 0.807. The van der Waals surface area contributed by atoms with E-state index in [9.17, 15) is 0 Å². The molecule has 0 bridgehead atoms. The lowest BCUT2D eigenvalue weighted by atomic mass is 10.4. The van der Waals surface area contributed by atoms with E-state index in [0.717, 1.165) is 5.69 Å². The lowest BCUT2D eigenvalue weighted by molar-refractivity contribution is 1.03. The van der Waals surface area contributed by atoms with Crippen LogP contribution >= 0.6 is 23.8 Å². The van der Waals surface area contributed by atoms with Crippen LogP contribution in [0.25, 0.3) is 5.69 Å². The summed E-state index contributed by atoms with van der Waals surface area (Å²) in [4.78, 5) is 8.18. The van der Waals surface area contributed by atoms with Crippen LogP contribution in [-0.4, -0.2) is 19.5 Å². The number of thiocarbonyl (C=S) groups is 1. The first-order chi connectivity index (χ1) is 7.20. The molecule has 15 heavy (non-hydrogen) atoms. The van der Waals surface area contributed by atoms with Crippen molar-refractivity contribution in [2.75, 3.05) is 0 Å². The molecule has 0 atom stereocenters. The number of nitrogens with zero attached hydrogens (tertiary/aromatic N) is 3. The van der Waals surface area contributed by atoms with Gasteiger partial charge in [0.2, 0.25) is 0 Å². The normalized spacial score (nSPS) is 10.2. The average molecular weight is 239 g/mol. The van der Waals surface area contributed by atoms with E-state index in [-0.39, 0.29) is 4.99 Å². The molecule has 0 unspecified atom stereocenters. The minimum atomic E-state index is 0.230. The van der Waals surface area contributed by atoms with E-state index in [1.807, 2.05) is 0 Å². The van der Waals surface area contributed by atoms with Gasteiger partial charge >= 0.3 is 0 Å². The van der Waals surface area contributed by atoms with Crippen molar-refractivity contribution in [1.82, 2.24) is 14.5 Å². The van der Waals surface area contributed by atoms with E-state index < -0.39 is 0 Å². The van der Waals surface area contributed by atoms with Gasteiger partial charge in [0.05, 0.1) is 10.7 Å². The summed E-state index contributed by atoms with van der Waals surface area (Å²) < 4.78 is 1.73. The van der Waals surface area contributed by atoms with Crippen molar-refractivity contribution >= 4 is 28.8 Å². The Morgan fingerprint density at radius 2 is 2.27 bits per heavy atom. The monoisotopic (exact) mass is 238 g/mol. The van der Waals surface area contributed by atoms with Crippen molar-refractivity contribution in [2.45, 2.75) is 0 Å². The average Bonchev–Trinajstić information content (AvgIpc) is 2.67. The zero-order valence-electron chi connectivity index (χ0n) is 7.59. The molecule has 0 spiro atoms. The van der Waals surface area contributed by atoms with Gasteiger partial charge < -0.3 is 5.73 Å². The van der Waals surface area contributed by atoms with Gasteiger partial charge in [-0.1, -0.05) is 23.8 Å². The first-order valence-electron chi connectivity index (χ1n) is 4.13. The molecule has 0 aliphatic rings. The Balaban J connectivity index is 2.59. The van der Waals surface area contributed by atoms with Crippen molar-refractivity contribution in [3.05, 3.63) is 41.7 Å². The molecule has 76 valence electrons. The van der Waals surface area contributed by atoms with E-state index in [1.165, 1.54) is 0 Å². The highest BCUT2D eigenvalue weighted by Crippen LogP contribution is 2.19. The highest BCUT2D eigenvalue weighted by atomic mass is 35.5. The maximum Gasteiger partial charge on any atom is 0.172 e. The van der Waals surface area contributed by atoms with Crippen molar-refractivity contribution in [1.29, 1.82) is 0 Å². The number of pyridine rings is 1. The minimum absolute atomic E-state index is 0.230. The number of halogens is 1. The van der Waals surface area contributed by atoms with Crippen molar-refractivity contribution in [3.8, 4) is 5.69 Å². The van der Waals surface area contributed by atoms with Crippen LogP contribution in [0, 0.1) is 0 Å². The summed E-state index contributed by atoms with van der Waals surface area (Å²) in [5.41, 5.74) is 6.29. The summed E-state index contributed by atoms with van der Waals surface area (Å²) in [6, 6.07) is 1.77. The molecule has 2 aromatic rings. The zero-order valence-corrected chi connectivity index (χ0v) is 9.16. The smallest absolute Gasteiger partial charge is 0.172 e. The standard InChI is InChI=1S/C9H7ClN4S/c10-6-5-12-2-1-7(6)14-4-3-13-9(14)8(11)15/h1-5H,(H2,11,15). The molecule has 2 N–H and O–H groups in total. The van der Waals surface area contributed by atoms with Crippen LogP contribution < -0.4 is 5.73 Å². The molecule has 4 nitrogen and oxygen atoms in total. The Bertz CT molecular complexity index is 508. The number of hydrogen-bond acceptors (Lipinski definition) is 3. The predicted octanol–water partition coefficient (Wildman–Crippen LogP) is 1.55. The number of rotatable bonds is 2. The summed E-state index contributed by atoms with van der Waals surface area (Å²) in [7, 11) is 0. The molecule has 0 aromatic carbocycles. The summed E-state index contributed by atoms with van der Waals surface area (Å²) >= 11 is 10.9. The number of aromatic nitrogens is 3. The lowest BCUT2D eigenvalue weighted by Crippen LogP contribution is -2.16. The SMILES string of the molecule is NC(=S)c1nccn1-c1ccncc1Cl. The Labute approximate surface area is 96.7 Å². The van der Waals surface area contributed by atoms with Gasteiger partial charge in [-0.3, -0.25) is 9.55 Å². The third kappa shape index (κ3) is 1.84. The Hall–Kier alpha value is -1.46. The molecule has 0 radical (unpaired) electrons. The predicted molar refractivity (Wildman–Crippen MR) is 62.3 cm³/mol. The van der Waals surface area contributed by atoms with Crippen LogP contribution in [-0.2, 0) is 0 Å². The van der Waals surface area contributed by atoms with Gasteiger partial charge in [-0.25, -0.2) is 4.98 Å².